The SMILES string of the molecule is Cc1ccc(C(=O)O)cc1N1C(=O)/C(=C\c2ccc(-c3cccc(Cl)c3)o2)SC1=S. The second kappa shape index (κ2) is 8.10. The van der Waals surface area contributed by atoms with Gasteiger partial charge in [0.1, 0.15) is 11.5 Å². The highest BCUT2D eigenvalue weighted by Gasteiger charge is 2.34. The predicted octanol–water partition coefficient (Wildman–Crippen LogP) is 6.01. The Labute approximate surface area is 186 Å². The summed E-state index contributed by atoms with van der Waals surface area (Å²) in [4.78, 5) is 26.1. The molecule has 3 aromatic rings. The highest BCUT2D eigenvalue weighted by atomic mass is 35.5. The summed E-state index contributed by atoms with van der Waals surface area (Å²) in [7, 11) is 0. The van der Waals surface area contributed by atoms with Gasteiger partial charge >= 0.3 is 5.97 Å². The van der Waals surface area contributed by atoms with Crippen molar-refractivity contribution in [2.45, 2.75) is 6.92 Å². The number of hydrogen-bond acceptors (Lipinski definition) is 5. The third-order valence-electron chi connectivity index (χ3n) is 4.50. The number of carbonyl (C=O) groups excluding carboxylic acids is 1. The van der Waals surface area contributed by atoms with Gasteiger partial charge in [-0.2, -0.15) is 0 Å². The lowest BCUT2D eigenvalue weighted by Crippen LogP contribution is -2.28. The molecule has 1 amide bonds. The first-order valence-corrected chi connectivity index (χ1v) is 10.4. The van der Waals surface area contributed by atoms with Gasteiger partial charge in [-0.1, -0.05) is 53.8 Å². The predicted molar refractivity (Wildman–Crippen MR) is 123 cm³/mol. The lowest BCUT2D eigenvalue weighted by Gasteiger charge is -2.17. The molecule has 5 nitrogen and oxygen atoms in total. The molecule has 4 rings (SSSR count). The molecule has 1 saturated heterocycles. The molecule has 0 atom stereocenters. The van der Waals surface area contributed by atoms with E-state index in [4.69, 9.17) is 28.2 Å². The lowest BCUT2D eigenvalue weighted by atomic mass is 10.1. The maximum absolute atomic E-state index is 13.0. The normalized spacial score (nSPS) is 15.3. The van der Waals surface area contributed by atoms with Crippen LogP contribution >= 0.6 is 35.6 Å². The van der Waals surface area contributed by atoms with Gasteiger partial charge in [0.05, 0.1) is 16.2 Å². The summed E-state index contributed by atoms with van der Waals surface area (Å²) >= 11 is 12.6. The summed E-state index contributed by atoms with van der Waals surface area (Å²) in [6, 6.07) is 15.5. The van der Waals surface area contributed by atoms with Gasteiger partial charge in [-0.05, 0) is 48.9 Å². The van der Waals surface area contributed by atoms with E-state index in [9.17, 15) is 14.7 Å². The summed E-state index contributed by atoms with van der Waals surface area (Å²) < 4.78 is 6.18. The number of aromatic carboxylic acids is 1. The fourth-order valence-electron chi connectivity index (χ4n) is 3.02. The zero-order valence-corrected chi connectivity index (χ0v) is 18.0. The molecule has 0 radical (unpaired) electrons. The topological polar surface area (TPSA) is 70.8 Å². The second-order valence-corrected chi connectivity index (χ2v) is 8.65. The zero-order valence-electron chi connectivity index (χ0n) is 15.6. The second-order valence-electron chi connectivity index (χ2n) is 6.54. The molecular formula is C22H14ClNO4S2. The van der Waals surface area contributed by atoms with Crippen LogP contribution in [0.1, 0.15) is 21.7 Å². The molecule has 0 saturated carbocycles. The van der Waals surface area contributed by atoms with E-state index in [0.29, 0.717) is 31.5 Å². The van der Waals surface area contributed by atoms with Gasteiger partial charge in [0.2, 0.25) is 0 Å². The first-order chi connectivity index (χ1) is 14.3. The van der Waals surface area contributed by atoms with Crippen molar-refractivity contribution in [3.8, 4) is 11.3 Å². The molecule has 0 spiro atoms. The third kappa shape index (κ3) is 3.92. The van der Waals surface area contributed by atoms with E-state index in [1.54, 1.807) is 43.3 Å². The number of furan rings is 1. The van der Waals surface area contributed by atoms with Crippen LogP contribution in [-0.2, 0) is 4.79 Å². The first-order valence-electron chi connectivity index (χ1n) is 8.81. The maximum Gasteiger partial charge on any atom is 0.335 e. The van der Waals surface area contributed by atoms with Crippen LogP contribution in [0.15, 0.2) is 63.9 Å². The number of thioether (sulfide) groups is 1. The average molecular weight is 456 g/mol. The molecule has 0 aliphatic carbocycles. The average Bonchev–Trinajstić information content (AvgIpc) is 3.27. The van der Waals surface area contributed by atoms with E-state index in [1.807, 2.05) is 12.1 Å². The van der Waals surface area contributed by atoms with Crippen LogP contribution in [0.4, 0.5) is 5.69 Å². The molecule has 2 heterocycles. The minimum atomic E-state index is -1.07. The van der Waals surface area contributed by atoms with Crippen molar-refractivity contribution in [1.82, 2.24) is 0 Å². The molecular weight excluding hydrogens is 442 g/mol. The van der Waals surface area contributed by atoms with Crippen LogP contribution in [-0.4, -0.2) is 21.3 Å². The molecule has 30 heavy (non-hydrogen) atoms. The number of thiocarbonyl (C=S) groups is 1. The minimum Gasteiger partial charge on any atom is -0.478 e. The van der Waals surface area contributed by atoms with Gasteiger partial charge in [0.25, 0.3) is 5.91 Å². The van der Waals surface area contributed by atoms with Crippen molar-refractivity contribution in [3.63, 3.8) is 0 Å². The molecule has 150 valence electrons. The van der Waals surface area contributed by atoms with Crippen LogP contribution in [0.25, 0.3) is 17.4 Å². The maximum atomic E-state index is 13.0. The number of rotatable bonds is 4. The summed E-state index contributed by atoms with van der Waals surface area (Å²) in [5, 5.41) is 9.86. The Bertz CT molecular complexity index is 1230. The van der Waals surface area contributed by atoms with E-state index >= 15 is 0 Å². The van der Waals surface area contributed by atoms with Crippen molar-refractivity contribution in [2.75, 3.05) is 4.90 Å². The molecule has 0 unspecified atom stereocenters. The zero-order chi connectivity index (χ0) is 21.4. The first kappa shape index (κ1) is 20.4. The molecule has 1 fully saturated rings. The Morgan fingerprint density at radius 3 is 2.73 bits per heavy atom. The van der Waals surface area contributed by atoms with E-state index < -0.39 is 5.97 Å². The van der Waals surface area contributed by atoms with E-state index in [2.05, 4.69) is 0 Å². The lowest BCUT2D eigenvalue weighted by molar-refractivity contribution is -0.113. The Kier molecular flexibility index (Phi) is 5.51. The smallest absolute Gasteiger partial charge is 0.335 e. The summed E-state index contributed by atoms with van der Waals surface area (Å²) in [6.07, 6.45) is 1.63. The molecule has 2 aromatic carbocycles. The van der Waals surface area contributed by atoms with Gasteiger partial charge < -0.3 is 9.52 Å². The van der Waals surface area contributed by atoms with Gasteiger partial charge in [0.15, 0.2) is 4.32 Å². The molecule has 0 bridgehead atoms. The number of anilines is 1. The summed E-state index contributed by atoms with van der Waals surface area (Å²) in [5.74, 6) is -0.261. The fourth-order valence-corrected chi connectivity index (χ4v) is 4.47. The van der Waals surface area contributed by atoms with Crippen LogP contribution in [0.5, 0.6) is 0 Å². The van der Waals surface area contributed by atoms with E-state index in [0.717, 1.165) is 22.9 Å². The van der Waals surface area contributed by atoms with E-state index in [-0.39, 0.29) is 11.5 Å². The Balaban J connectivity index is 1.64. The van der Waals surface area contributed by atoms with Crippen molar-refractivity contribution in [1.29, 1.82) is 0 Å². The summed E-state index contributed by atoms with van der Waals surface area (Å²) in [5.41, 5.74) is 2.13. The molecule has 1 aliphatic heterocycles. The fraction of sp³-hybridized carbons (Fsp3) is 0.0455. The minimum absolute atomic E-state index is 0.0887. The monoisotopic (exact) mass is 455 g/mol. The number of amides is 1. The van der Waals surface area contributed by atoms with Gasteiger partial charge in [-0.15, -0.1) is 0 Å². The Morgan fingerprint density at radius 2 is 2.00 bits per heavy atom. The van der Waals surface area contributed by atoms with E-state index in [1.165, 1.54) is 17.0 Å². The van der Waals surface area contributed by atoms with Gasteiger partial charge in [-0.3, -0.25) is 9.69 Å². The van der Waals surface area contributed by atoms with Gasteiger partial charge in [0, 0.05) is 16.7 Å². The Morgan fingerprint density at radius 1 is 1.20 bits per heavy atom. The summed E-state index contributed by atoms with van der Waals surface area (Å²) in [6.45, 7) is 1.80. The number of aryl methyl sites for hydroxylation is 1. The number of carboxylic acids is 1. The quantitative estimate of drug-likeness (QED) is 0.383. The molecule has 1 aliphatic rings. The van der Waals surface area contributed by atoms with Crippen molar-refractivity contribution in [3.05, 3.63) is 81.4 Å². The number of nitrogens with zero attached hydrogens (tertiary/aromatic N) is 1. The number of halogens is 1. The highest BCUT2D eigenvalue weighted by molar-refractivity contribution is 8.27. The number of carboxylic acid groups (broad SMARTS) is 1. The number of carbonyl (C=O) groups is 2. The number of hydrogen-bond donors (Lipinski definition) is 1. The third-order valence-corrected chi connectivity index (χ3v) is 6.04. The molecule has 8 heteroatoms. The Hall–Kier alpha value is -2.87. The van der Waals surface area contributed by atoms with Crippen LogP contribution < -0.4 is 4.90 Å². The largest absolute Gasteiger partial charge is 0.478 e. The highest BCUT2D eigenvalue weighted by Crippen LogP contribution is 2.38. The standard InChI is InChI=1S/C22H14ClNO4S2/c1-12-5-6-14(21(26)27)10-17(12)24-20(25)19(30-22(24)29)11-16-7-8-18(28-16)13-3-2-4-15(23)9-13/h2-11H,1H3,(H,26,27)/b19-11+. The van der Waals surface area contributed by atoms with Crippen molar-refractivity contribution < 1.29 is 19.1 Å². The molecule has 1 N–H and O–H groups in total. The number of benzene rings is 2. The van der Waals surface area contributed by atoms with Crippen LogP contribution in [0.2, 0.25) is 5.02 Å². The van der Waals surface area contributed by atoms with Crippen molar-refractivity contribution in [2.24, 2.45) is 0 Å². The van der Waals surface area contributed by atoms with Crippen LogP contribution in [0.3, 0.4) is 0 Å². The van der Waals surface area contributed by atoms with Crippen LogP contribution in [0, 0.1) is 6.92 Å². The van der Waals surface area contributed by atoms with Gasteiger partial charge in [-0.25, -0.2) is 4.79 Å². The van der Waals surface area contributed by atoms with Crippen molar-refractivity contribution >= 4 is 63.5 Å². The molecule has 1 aromatic heterocycles.